The maximum Gasteiger partial charge on any atom is 0.344 e. The number of carboxylic acids is 1. The molecule has 0 saturated heterocycles. The maximum absolute atomic E-state index is 11.3. The van der Waals surface area contributed by atoms with Crippen LogP contribution >= 0.6 is 0 Å². The molecule has 1 aromatic rings. The third-order valence-corrected chi connectivity index (χ3v) is 3.83. The van der Waals surface area contributed by atoms with Crippen LogP contribution < -0.4 is 9.04 Å². The molecule has 19 heavy (non-hydrogen) atoms. The lowest BCUT2D eigenvalue weighted by atomic mass is 10.2. The van der Waals surface area contributed by atoms with Gasteiger partial charge in [0, 0.05) is 7.05 Å². The van der Waals surface area contributed by atoms with Crippen LogP contribution in [-0.2, 0) is 14.8 Å². The molecule has 0 radical (unpaired) electrons. The van der Waals surface area contributed by atoms with E-state index in [4.69, 9.17) is 9.84 Å². The average Bonchev–Trinajstić information content (AvgIpc) is 2.34. The number of hydrogen-bond donors (Lipinski definition) is 1. The zero-order valence-electron chi connectivity index (χ0n) is 11.0. The molecule has 1 N–H and O–H groups in total. The molecule has 106 valence electrons. The van der Waals surface area contributed by atoms with Gasteiger partial charge in [-0.05, 0) is 30.7 Å². The van der Waals surface area contributed by atoms with Crippen molar-refractivity contribution < 1.29 is 23.1 Å². The third-order valence-electron chi connectivity index (χ3n) is 2.62. The highest BCUT2D eigenvalue weighted by molar-refractivity contribution is 7.92. The zero-order valence-corrected chi connectivity index (χ0v) is 11.8. The molecular weight excluding hydrogens is 270 g/mol. The minimum Gasteiger partial charge on any atom is -0.479 e. The van der Waals surface area contributed by atoms with Crippen LogP contribution in [-0.4, -0.2) is 38.9 Å². The van der Waals surface area contributed by atoms with Crippen molar-refractivity contribution >= 4 is 21.7 Å². The van der Waals surface area contributed by atoms with Crippen LogP contribution in [0.2, 0.25) is 0 Å². The van der Waals surface area contributed by atoms with E-state index in [1.807, 2.05) is 0 Å². The standard InChI is InChI=1S/C12H17NO5S/c1-4-11(12(14)15)18-10-7-5-9(6-8-10)13(2)19(3,16)17/h5-8,11H,4H2,1-3H3,(H,14,15)/t11-/m1/s1. The minimum absolute atomic E-state index is 0.348. The predicted molar refractivity (Wildman–Crippen MR) is 72.0 cm³/mol. The van der Waals surface area contributed by atoms with Gasteiger partial charge in [-0.2, -0.15) is 0 Å². The van der Waals surface area contributed by atoms with Crippen LogP contribution in [0.25, 0.3) is 0 Å². The molecule has 1 atom stereocenters. The molecule has 0 amide bonds. The fourth-order valence-corrected chi connectivity index (χ4v) is 1.90. The molecule has 0 aromatic heterocycles. The van der Waals surface area contributed by atoms with Gasteiger partial charge >= 0.3 is 5.97 Å². The quantitative estimate of drug-likeness (QED) is 0.853. The second-order valence-corrected chi connectivity index (χ2v) is 6.09. The van der Waals surface area contributed by atoms with Crippen molar-refractivity contribution in [2.75, 3.05) is 17.6 Å². The summed E-state index contributed by atoms with van der Waals surface area (Å²) in [6.45, 7) is 1.71. The lowest BCUT2D eigenvalue weighted by molar-refractivity contribution is -0.145. The van der Waals surface area contributed by atoms with E-state index in [1.165, 1.54) is 7.05 Å². The van der Waals surface area contributed by atoms with Crippen LogP contribution in [0.1, 0.15) is 13.3 Å². The number of aliphatic carboxylic acids is 1. The molecular formula is C12H17NO5S. The van der Waals surface area contributed by atoms with Crippen molar-refractivity contribution in [2.24, 2.45) is 0 Å². The Morgan fingerprint density at radius 1 is 1.37 bits per heavy atom. The first kappa shape index (κ1) is 15.3. The Bertz CT molecular complexity index is 538. The number of nitrogens with zero attached hydrogens (tertiary/aromatic N) is 1. The molecule has 0 unspecified atom stereocenters. The number of anilines is 1. The fourth-order valence-electron chi connectivity index (χ4n) is 1.40. The number of carbonyl (C=O) groups is 1. The van der Waals surface area contributed by atoms with Gasteiger partial charge in [0.25, 0.3) is 0 Å². The van der Waals surface area contributed by atoms with Crippen molar-refractivity contribution in [3.8, 4) is 5.75 Å². The molecule has 0 aliphatic carbocycles. The summed E-state index contributed by atoms with van der Waals surface area (Å²) in [5, 5.41) is 8.87. The number of benzene rings is 1. The third kappa shape index (κ3) is 4.13. The summed E-state index contributed by atoms with van der Waals surface area (Å²) in [7, 11) is -1.87. The molecule has 0 aliphatic rings. The van der Waals surface area contributed by atoms with E-state index in [-0.39, 0.29) is 0 Å². The minimum atomic E-state index is -3.31. The molecule has 0 bridgehead atoms. The Morgan fingerprint density at radius 2 is 1.89 bits per heavy atom. The van der Waals surface area contributed by atoms with E-state index < -0.39 is 22.1 Å². The van der Waals surface area contributed by atoms with Crippen LogP contribution in [0.3, 0.4) is 0 Å². The number of carboxylic acid groups (broad SMARTS) is 1. The second-order valence-electron chi connectivity index (χ2n) is 4.08. The van der Waals surface area contributed by atoms with Gasteiger partial charge in [0.05, 0.1) is 11.9 Å². The topological polar surface area (TPSA) is 83.9 Å². The Morgan fingerprint density at radius 3 is 2.26 bits per heavy atom. The van der Waals surface area contributed by atoms with E-state index in [0.717, 1.165) is 10.6 Å². The highest BCUT2D eigenvalue weighted by Crippen LogP contribution is 2.21. The average molecular weight is 287 g/mol. The molecule has 1 rings (SSSR count). The predicted octanol–water partition coefficient (Wildman–Crippen LogP) is 1.32. The zero-order chi connectivity index (χ0) is 14.6. The number of hydrogen-bond acceptors (Lipinski definition) is 4. The number of rotatable bonds is 6. The lowest BCUT2D eigenvalue weighted by Gasteiger charge is -2.18. The molecule has 0 heterocycles. The largest absolute Gasteiger partial charge is 0.479 e. The van der Waals surface area contributed by atoms with Crippen LogP contribution in [0.5, 0.6) is 5.75 Å². The van der Waals surface area contributed by atoms with Crippen molar-refractivity contribution in [2.45, 2.75) is 19.4 Å². The summed E-state index contributed by atoms with van der Waals surface area (Å²) >= 11 is 0. The SMILES string of the molecule is CC[C@@H](Oc1ccc(N(C)S(C)(=O)=O)cc1)C(=O)O. The van der Waals surface area contributed by atoms with E-state index in [1.54, 1.807) is 31.2 Å². The van der Waals surface area contributed by atoms with Crippen molar-refractivity contribution in [3.63, 3.8) is 0 Å². The highest BCUT2D eigenvalue weighted by Gasteiger charge is 2.17. The Hall–Kier alpha value is -1.76. The van der Waals surface area contributed by atoms with Gasteiger partial charge in [-0.1, -0.05) is 6.92 Å². The number of ether oxygens (including phenoxy) is 1. The van der Waals surface area contributed by atoms with E-state index in [0.29, 0.717) is 17.9 Å². The monoisotopic (exact) mass is 287 g/mol. The van der Waals surface area contributed by atoms with Crippen LogP contribution in [0.4, 0.5) is 5.69 Å². The fraction of sp³-hybridized carbons (Fsp3) is 0.417. The maximum atomic E-state index is 11.3. The molecule has 0 aliphatic heterocycles. The van der Waals surface area contributed by atoms with Gasteiger partial charge in [0.2, 0.25) is 10.0 Å². The van der Waals surface area contributed by atoms with Crippen LogP contribution in [0.15, 0.2) is 24.3 Å². The smallest absolute Gasteiger partial charge is 0.344 e. The van der Waals surface area contributed by atoms with Crippen molar-refractivity contribution in [1.82, 2.24) is 0 Å². The first-order chi connectivity index (χ1) is 8.75. The van der Waals surface area contributed by atoms with Gasteiger partial charge in [0.1, 0.15) is 5.75 Å². The molecule has 0 fully saturated rings. The molecule has 0 saturated carbocycles. The van der Waals surface area contributed by atoms with Gasteiger partial charge in [-0.3, -0.25) is 4.31 Å². The summed E-state index contributed by atoms with van der Waals surface area (Å²) in [5.41, 5.74) is 0.484. The van der Waals surface area contributed by atoms with Crippen molar-refractivity contribution in [3.05, 3.63) is 24.3 Å². The van der Waals surface area contributed by atoms with E-state index in [9.17, 15) is 13.2 Å². The van der Waals surface area contributed by atoms with Gasteiger partial charge in [0.15, 0.2) is 6.10 Å². The molecule has 0 spiro atoms. The summed E-state index contributed by atoms with van der Waals surface area (Å²) in [6, 6.07) is 6.21. The summed E-state index contributed by atoms with van der Waals surface area (Å²) < 4.78 is 29.1. The summed E-state index contributed by atoms with van der Waals surface area (Å²) in [6.07, 6.45) is 0.549. The van der Waals surface area contributed by atoms with E-state index in [2.05, 4.69) is 0 Å². The summed E-state index contributed by atoms with van der Waals surface area (Å²) in [5.74, 6) is -0.639. The Labute approximate surface area is 112 Å². The second kappa shape index (κ2) is 5.92. The van der Waals surface area contributed by atoms with Gasteiger partial charge in [-0.15, -0.1) is 0 Å². The molecule has 6 nitrogen and oxygen atoms in total. The van der Waals surface area contributed by atoms with Crippen LogP contribution in [0, 0.1) is 0 Å². The Balaban J connectivity index is 2.85. The van der Waals surface area contributed by atoms with Gasteiger partial charge < -0.3 is 9.84 Å². The highest BCUT2D eigenvalue weighted by atomic mass is 32.2. The molecule has 1 aromatic carbocycles. The first-order valence-corrected chi connectivity index (χ1v) is 7.54. The normalized spacial score (nSPS) is 12.8. The van der Waals surface area contributed by atoms with E-state index >= 15 is 0 Å². The molecule has 7 heteroatoms. The Kier molecular flexibility index (Phi) is 4.77. The van der Waals surface area contributed by atoms with Gasteiger partial charge in [-0.25, -0.2) is 13.2 Å². The van der Waals surface area contributed by atoms with Crippen molar-refractivity contribution in [1.29, 1.82) is 0 Å². The lowest BCUT2D eigenvalue weighted by Crippen LogP contribution is -2.26. The number of sulfonamides is 1. The summed E-state index contributed by atoms with van der Waals surface area (Å²) in [4.78, 5) is 10.8. The first-order valence-electron chi connectivity index (χ1n) is 5.69.